The maximum absolute atomic E-state index is 3.38. The van der Waals surface area contributed by atoms with Gasteiger partial charge in [-0.25, -0.2) is 0 Å². The van der Waals surface area contributed by atoms with E-state index in [1.165, 1.54) is 39.9 Å². The molecule has 1 atom stereocenters. The van der Waals surface area contributed by atoms with Crippen LogP contribution in [-0.4, -0.2) is 0 Å². The molecule has 1 unspecified atom stereocenters. The monoisotopic (exact) mass is 572 g/mol. The molecular formula is C45H32. The van der Waals surface area contributed by atoms with Crippen molar-refractivity contribution in [2.45, 2.75) is 64.2 Å². The average molecular weight is 573 g/mol. The van der Waals surface area contributed by atoms with Gasteiger partial charge in [0.1, 0.15) is 0 Å². The van der Waals surface area contributed by atoms with Crippen LogP contribution in [0, 0.1) is 77.0 Å². The van der Waals surface area contributed by atoms with Crippen molar-refractivity contribution in [3.63, 3.8) is 0 Å². The van der Waals surface area contributed by atoms with Crippen LogP contribution < -0.4 is 0 Å². The highest BCUT2D eigenvalue weighted by Gasteiger charge is 2.26. The predicted octanol–water partition coefficient (Wildman–Crippen LogP) is 8.81. The lowest BCUT2D eigenvalue weighted by atomic mass is 9.77. The van der Waals surface area contributed by atoms with Crippen LogP contribution in [0.2, 0.25) is 0 Å². The lowest BCUT2D eigenvalue weighted by Crippen LogP contribution is -2.13. The number of allylic oxidation sites excluding steroid dienone is 22. The summed E-state index contributed by atoms with van der Waals surface area (Å²) in [6.45, 7) is 0. The molecule has 3 saturated carbocycles. The van der Waals surface area contributed by atoms with Crippen molar-refractivity contribution in [1.29, 1.82) is 0 Å². The second-order valence-corrected chi connectivity index (χ2v) is 12.0. The Labute approximate surface area is 268 Å². The van der Waals surface area contributed by atoms with Crippen LogP contribution in [0.1, 0.15) is 64.2 Å². The molecule has 7 aliphatic carbocycles. The van der Waals surface area contributed by atoms with Crippen molar-refractivity contribution < 1.29 is 0 Å². The molecule has 3 fully saturated rings. The van der Waals surface area contributed by atoms with Gasteiger partial charge in [-0.2, -0.15) is 0 Å². The van der Waals surface area contributed by atoms with Gasteiger partial charge in [0.25, 0.3) is 0 Å². The average Bonchev–Trinajstić information content (AvgIpc) is 3.32. The van der Waals surface area contributed by atoms with Crippen LogP contribution in [0.15, 0.2) is 128 Å². The topological polar surface area (TPSA) is 0 Å². The molecule has 7 rings (SSSR count). The Hall–Kier alpha value is -5.50. The van der Waals surface area contributed by atoms with E-state index in [0.29, 0.717) is 5.92 Å². The van der Waals surface area contributed by atoms with Crippen molar-refractivity contribution in [2.24, 2.45) is 5.92 Å². The van der Waals surface area contributed by atoms with Gasteiger partial charge in [-0.1, -0.05) is 66.8 Å². The first-order chi connectivity index (χ1) is 22.3. The zero-order valence-electron chi connectivity index (χ0n) is 25.5. The minimum absolute atomic E-state index is 0.422. The number of hydrogen-bond acceptors (Lipinski definition) is 0. The van der Waals surface area contributed by atoms with Gasteiger partial charge in [0, 0.05) is 11.1 Å². The van der Waals surface area contributed by atoms with Gasteiger partial charge in [0.2, 0.25) is 0 Å². The third-order valence-corrected chi connectivity index (χ3v) is 9.17. The summed E-state index contributed by atoms with van der Waals surface area (Å²) in [5.74, 6) is 39.5. The highest BCUT2D eigenvalue weighted by molar-refractivity contribution is 5.69. The molecule has 0 aromatic carbocycles. The summed E-state index contributed by atoms with van der Waals surface area (Å²) in [5, 5.41) is 0. The molecule has 0 heterocycles. The third-order valence-electron chi connectivity index (χ3n) is 9.17. The zero-order valence-corrected chi connectivity index (χ0v) is 25.5. The Balaban J connectivity index is 1.45. The summed E-state index contributed by atoms with van der Waals surface area (Å²) in [6, 6.07) is 0. The molecule has 0 spiro atoms. The van der Waals surface area contributed by atoms with E-state index in [4.69, 9.17) is 0 Å². The first-order valence-electron chi connectivity index (χ1n) is 16.1. The molecule has 0 saturated heterocycles. The zero-order chi connectivity index (χ0) is 30.3. The van der Waals surface area contributed by atoms with E-state index in [0.717, 1.165) is 85.7 Å². The van der Waals surface area contributed by atoms with E-state index in [1.54, 1.807) is 0 Å². The minimum atomic E-state index is 0.422. The molecule has 0 aromatic heterocycles. The molecule has 0 N–H and O–H groups in total. The predicted molar refractivity (Wildman–Crippen MR) is 185 cm³/mol. The van der Waals surface area contributed by atoms with Crippen LogP contribution in [0.5, 0.6) is 0 Å². The molecule has 0 aromatic rings. The van der Waals surface area contributed by atoms with Crippen molar-refractivity contribution in [3.8, 4) is 71.0 Å². The van der Waals surface area contributed by atoms with Gasteiger partial charge >= 0.3 is 0 Å². The molecule has 0 heteroatoms. The Morgan fingerprint density at radius 3 is 1.29 bits per heavy atom. The third kappa shape index (κ3) is 6.26. The van der Waals surface area contributed by atoms with Gasteiger partial charge in [-0.3, -0.25) is 0 Å². The fraction of sp³-hybridized carbons (Fsp3) is 0.244. The van der Waals surface area contributed by atoms with E-state index in [-0.39, 0.29) is 0 Å². The van der Waals surface area contributed by atoms with Gasteiger partial charge < -0.3 is 0 Å². The highest BCUT2D eigenvalue weighted by atomic mass is 14.3. The molecule has 0 amide bonds. The second-order valence-electron chi connectivity index (χ2n) is 12.0. The van der Waals surface area contributed by atoms with E-state index in [9.17, 15) is 0 Å². The van der Waals surface area contributed by atoms with Gasteiger partial charge in [0.05, 0.1) is 16.7 Å². The maximum Gasteiger partial charge on any atom is 0.0842 e. The summed E-state index contributed by atoms with van der Waals surface area (Å²) in [7, 11) is 0. The number of fused-ring (bicyclic) bond motifs is 6. The molecule has 0 aliphatic heterocycles. The van der Waals surface area contributed by atoms with Crippen molar-refractivity contribution >= 4 is 0 Å². The number of hydrogen-bond donors (Lipinski definition) is 0. The van der Waals surface area contributed by atoms with E-state index in [2.05, 4.69) is 138 Å². The fourth-order valence-corrected chi connectivity index (χ4v) is 7.17. The molecule has 0 nitrogen and oxygen atoms in total. The van der Waals surface area contributed by atoms with Crippen molar-refractivity contribution in [2.75, 3.05) is 0 Å². The molecule has 6 bridgehead atoms. The molecule has 45 heavy (non-hydrogen) atoms. The summed E-state index contributed by atoms with van der Waals surface area (Å²) in [5.41, 5.74) is 12.4. The van der Waals surface area contributed by atoms with Crippen LogP contribution >= 0.6 is 0 Å². The van der Waals surface area contributed by atoms with E-state index >= 15 is 0 Å². The smallest absolute Gasteiger partial charge is 0.0839 e. The Kier molecular flexibility index (Phi) is 8.44. The van der Waals surface area contributed by atoms with Crippen molar-refractivity contribution in [1.82, 2.24) is 0 Å². The van der Waals surface area contributed by atoms with Crippen molar-refractivity contribution in [3.05, 3.63) is 128 Å². The second kappa shape index (κ2) is 13.4. The van der Waals surface area contributed by atoms with Crippen LogP contribution in [-0.2, 0) is 0 Å². The molecular weight excluding hydrogens is 540 g/mol. The van der Waals surface area contributed by atoms with E-state index < -0.39 is 0 Å². The Morgan fingerprint density at radius 1 is 0.422 bits per heavy atom. The Bertz CT molecular complexity index is 1920. The van der Waals surface area contributed by atoms with Crippen LogP contribution in [0.4, 0.5) is 0 Å². The van der Waals surface area contributed by atoms with Crippen LogP contribution in [0.3, 0.4) is 0 Å². The van der Waals surface area contributed by atoms with E-state index in [1.807, 2.05) is 0 Å². The van der Waals surface area contributed by atoms with Gasteiger partial charge in [0.15, 0.2) is 0 Å². The number of rotatable bonds is 0. The Morgan fingerprint density at radius 2 is 0.822 bits per heavy atom. The molecule has 0 radical (unpaired) electrons. The summed E-state index contributed by atoms with van der Waals surface area (Å²) in [4.78, 5) is 0. The largest absolute Gasteiger partial charge is 0.0842 e. The minimum Gasteiger partial charge on any atom is -0.0839 e. The quantitative estimate of drug-likeness (QED) is 0.255. The van der Waals surface area contributed by atoms with Gasteiger partial charge in [-0.05, 0) is 175 Å². The first-order valence-corrected chi connectivity index (χ1v) is 16.1. The lowest BCUT2D eigenvalue weighted by molar-refractivity contribution is 0.507. The first kappa shape index (κ1) is 28.3. The normalized spacial score (nSPS) is 22.6. The lowest BCUT2D eigenvalue weighted by Gasteiger charge is -2.26. The molecule has 7 aliphatic rings. The van der Waals surface area contributed by atoms with Crippen LogP contribution in [0.25, 0.3) is 0 Å². The SMILES string of the molecule is C1#CC(=C2C3=CC=CC=C2CCC3)C#CC#CC(=C2C3=CC=CCC2CCC3)C#CC#CC(=C2C3=CC=CC=C2CCC3)C#C1. The molecule has 212 valence electrons. The summed E-state index contributed by atoms with van der Waals surface area (Å²) in [6.07, 6.45) is 34.7. The van der Waals surface area contributed by atoms with Gasteiger partial charge in [-0.15, -0.1) is 0 Å². The fourth-order valence-electron chi connectivity index (χ4n) is 7.17. The summed E-state index contributed by atoms with van der Waals surface area (Å²) < 4.78 is 0. The summed E-state index contributed by atoms with van der Waals surface area (Å²) >= 11 is 0. The maximum atomic E-state index is 3.38. The standard InChI is InChI=1S/C45H32/c1-2-17-35(44-39-24-9-10-25-40(44)31-14-30-39)19-5-6-21-36(45-41-26-11-12-27-42(45)33-15-32-41)20-4-3-18-34(16-1)43-37-22-7-8-23-38(43)29-13-28-37/h7-12,22-26,42H,13-15,27-33H2. The highest BCUT2D eigenvalue weighted by Crippen LogP contribution is 2.40.